The van der Waals surface area contributed by atoms with Crippen molar-refractivity contribution in [3.63, 3.8) is 0 Å². The van der Waals surface area contributed by atoms with Gasteiger partial charge >= 0.3 is 0 Å². The standard InChI is InChI=1S/C28H25FN4O3/c29-18-11-9-17(10-12-18)21(22-16-30-23-7-3-1-5-19(22)23)15-31-26(34)14-13-25-28(36)32-24-8-4-2-6-20(24)27(35)33-25/h1-12,16,21,25,30H,13-15H2,(H,31,34)(H,32,36)(H,33,35)/t21-,25+/m0/s1. The molecule has 1 aliphatic heterocycles. The molecule has 0 saturated heterocycles. The van der Waals surface area contributed by atoms with Crippen LogP contribution >= 0.6 is 0 Å². The second-order valence-electron chi connectivity index (χ2n) is 8.80. The largest absolute Gasteiger partial charge is 0.361 e. The second kappa shape index (κ2) is 10.0. The van der Waals surface area contributed by atoms with E-state index < -0.39 is 6.04 Å². The van der Waals surface area contributed by atoms with E-state index in [0.29, 0.717) is 17.8 Å². The number of halogens is 1. The molecule has 0 unspecified atom stereocenters. The van der Waals surface area contributed by atoms with E-state index in [1.165, 1.54) is 12.1 Å². The Morgan fingerprint density at radius 3 is 2.56 bits per heavy atom. The summed E-state index contributed by atoms with van der Waals surface area (Å²) in [6.45, 7) is 0.293. The topological polar surface area (TPSA) is 103 Å². The number of aromatic nitrogens is 1. The predicted molar refractivity (Wildman–Crippen MR) is 135 cm³/mol. The normalized spacial score (nSPS) is 16.0. The van der Waals surface area contributed by atoms with Gasteiger partial charge in [0.25, 0.3) is 5.91 Å². The number of amides is 3. The number of hydrogen-bond donors (Lipinski definition) is 4. The first-order valence-corrected chi connectivity index (χ1v) is 11.8. The van der Waals surface area contributed by atoms with Crippen LogP contribution in [0.1, 0.15) is 40.2 Å². The first kappa shape index (κ1) is 23.3. The van der Waals surface area contributed by atoms with Crippen LogP contribution in [0.25, 0.3) is 10.9 Å². The molecule has 8 heteroatoms. The van der Waals surface area contributed by atoms with Crippen molar-refractivity contribution in [2.45, 2.75) is 24.8 Å². The van der Waals surface area contributed by atoms with E-state index in [1.807, 2.05) is 30.5 Å². The highest BCUT2D eigenvalue weighted by molar-refractivity contribution is 6.09. The van der Waals surface area contributed by atoms with E-state index in [9.17, 15) is 18.8 Å². The Kier molecular flexibility index (Phi) is 6.49. The molecule has 0 spiro atoms. The van der Waals surface area contributed by atoms with E-state index in [4.69, 9.17) is 0 Å². The number of aromatic amines is 1. The number of H-pyrrole nitrogens is 1. The van der Waals surface area contributed by atoms with Crippen molar-refractivity contribution in [1.82, 2.24) is 15.6 Å². The molecule has 0 radical (unpaired) electrons. The fraction of sp³-hybridized carbons (Fsp3) is 0.179. The van der Waals surface area contributed by atoms with E-state index >= 15 is 0 Å². The Labute approximate surface area is 207 Å². The van der Waals surface area contributed by atoms with Crippen molar-refractivity contribution in [2.75, 3.05) is 11.9 Å². The van der Waals surface area contributed by atoms with Crippen molar-refractivity contribution in [2.24, 2.45) is 0 Å². The van der Waals surface area contributed by atoms with Crippen LogP contribution in [0.4, 0.5) is 10.1 Å². The summed E-state index contributed by atoms with van der Waals surface area (Å²) in [7, 11) is 0. The lowest BCUT2D eigenvalue weighted by atomic mass is 9.90. The summed E-state index contributed by atoms with van der Waals surface area (Å²) in [6.07, 6.45) is 2.12. The molecule has 0 bridgehead atoms. The minimum absolute atomic E-state index is 0.0543. The zero-order valence-corrected chi connectivity index (χ0v) is 19.4. The van der Waals surface area contributed by atoms with Crippen LogP contribution in [0.15, 0.2) is 79.0 Å². The molecule has 182 valence electrons. The molecule has 1 aliphatic rings. The lowest BCUT2D eigenvalue weighted by Gasteiger charge is -2.19. The second-order valence-corrected chi connectivity index (χ2v) is 8.80. The molecular weight excluding hydrogens is 459 g/mol. The molecule has 7 nitrogen and oxygen atoms in total. The number of fused-ring (bicyclic) bond motifs is 2. The highest BCUT2D eigenvalue weighted by atomic mass is 19.1. The minimum atomic E-state index is -0.822. The fourth-order valence-electron chi connectivity index (χ4n) is 4.58. The van der Waals surface area contributed by atoms with Crippen LogP contribution in [-0.2, 0) is 9.59 Å². The van der Waals surface area contributed by atoms with Crippen molar-refractivity contribution in [1.29, 1.82) is 0 Å². The van der Waals surface area contributed by atoms with Gasteiger partial charge in [0.15, 0.2) is 0 Å². The number of hydrogen-bond acceptors (Lipinski definition) is 3. The van der Waals surface area contributed by atoms with Gasteiger partial charge in [-0.15, -0.1) is 0 Å². The van der Waals surface area contributed by atoms with E-state index in [-0.39, 0.29) is 42.3 Å². The molecule has 2 atom stereocenters. The number of nitrogens with one attached hydrogen (secondary N) is 4. The first-order chi connectivity index (χ1) is 17.5. The Bertz CT molecular complexity index is 1430. The Balaban J connectivity index is 1.26. The lowest BCUT2D eigenvalue weighted by molar-refractivity contribution is -0.121. The highest BCUT2D eigenvalue weighted by Gasteiger charge is 2.28. The lowest BCUT2D eigenvalue weighted by Crippen LogP contribution is -2.42. The quantitative estimate of drug-likeness (QED) is 0.318. The SMILES string of the molecule is O=C(CC[C@H]1NC(=O)c2ccccc2NC1=O)NC[C@@H](c1ccc(F)cc1)c1c[nH]c2ccccc12. The molecule has 5 rings (SSSR count). The van der Waals surface area contributed by atoms with Gasteiger partial charge < -0.3 is 20.9 Å². The predicted octanol–water partition coefficient (Wildman–Crippen LogP) is 4.09. The molecule has 0 saturated carbocycles. The van der Waals surface area contributed by atoms with Gasteiger partial charge in [0.1, 0.15) is 11.9 Å². The molecule has 1 aromatic heterocycles. The number of benzene rings is 3. The third kappa shape index (κ3) is 4.84. The maximum absolute atomic E-state index is 13.6. The molecule has 4 N–H and O–H groups in total. The van der Waals surface area contributed by atoms with Gasteiger partial charge in [-0.05, 0) is 47.9 Å². The zero-order chi connectivity index (χ0) is 25.1. The van der Waals surface area contributed by atoms with Gasteiger partial charge in [-0.3, -0.25) is 14.4 Å². The summed E-state index contributed by atoms with van der Waals surface area (Å²) in [6, 6.07) is 20.1. The van der Waals surface area contributed by atoms with Gasteiger partial charge in [-0.1, -0.05) is 42.5 Å². The van der Waals surface area contributed by atoms with Gasteiger partial charge in [-0.2, -0.15) is 0 Å². The molecule has 0 fully saturated rings. The molecule has 4 aromatic rings. The van der Waals surface area contributed by atoms with E-state index in [1.54, 1.807) is 36.4 Å². The van der Waals surface area contributed by atoms with Crippen molar-refractivity contribution < 1.29 is 18.8 Å². The smallest absolute Gasteiger partial charge is 0.254 e. The summed E-state index contributed by atoms with van der Waals surface area (Å²) in [4.78, 5) is 41.1. The van der Waals surface area contributed by atoms with E-state index in [0.717, 1.165) is 22.0 Å². The van der Waals surface area contributed by atoms with Crippen molar-refractivity contribution >= 4 is 34.3 Å². The molecule has 0 aliphatic carbocycles. The third-order valence-electron chi connectivity index (χ3n) is 6.48. The molecule has 36 heavy (non-hydrogen) atoms. The number of para-hydroxylation sites is 2. The van der Waals surface area contributed by atoms with Gasteiger partial charge in [0.05, 0.1) is 11.3 Å². The molecule has 3 aromatic carbocycles. The van der Waals surface area contributed by atoms with Crippen molar-refractivity contribution in [3.8, 4) is 0 Å². The number of carbonyl (C=O) groups excluding carboxylic acids is 3. The monoisotopic (exact) mass is 484 g/mol. The van der Waals surface area contributed by atoms with Crippen molar-refractivity contribution in [3.05, 3.63) is 102 Å². The Hall–Kier alpha value is -4.46. The molecule has 2 heterocycles. The summed E-state index contributed by atoms with van der Waals surface area (Å²) >= 11 is 0. The number of rotatable bonds is 7. The summed E-state index contributed by atoms with van der Waals surface area (Å²) in [5.41, 5.74) is 3.67. The first-order valence-electron chi connectivity index (χ1n) is 11.8. The van der Waals surface area contributed by atoms with Gasteiger partial charge in [0.2, 0.25) is 11.8 Å². The van der Waals surface area contributed by atoms with Gasteiger partial charge in [0, 0.05) is 36.0 Å². The van der Waals surface area contributed by atoms with Gasteiger partial charge in [-0.25, -0.2) is 4.39 Å². The summed E-state index contributed by atoms with van der Waals surface area (Å²) in [5.74, 6) is -1.49. The van der Waals surface area contributed by atoms with Crippen LogP contribution in [-0.4, -0.2) is 35.3 Å². The van der Waals surface area contributed by atoms with Crippen LogP contribution in [0, 0.1) is 5.82 Å². The fourth-order valence-corrected chi connectivity index (χ4v) is 4.58. The van der Waals surface area contributed by atoms with E-state index in [2.05, 4.69) is 20.9 Å². The third-order valence-corrected chi connectivity index (χ3v) is 6.48. The number of carbonyl (C=O) groups is 3. The van der Waals surface area contributed by atoms with Crippen LogP contribution < -0.4 is 16.0 Å². The molecular formula is C28H25FN4O3. The maximum atomic E-state index is 13.6. The van der Waals surface area contributed by atoms with Crippen LogP contribution in [0.5, 0.6) is 0 Å². The Morgan fingerprint density at radius 2 is 1.72 bits per heavy atom. The number of anilines is 1. The van der Waals surface area contributed by atoms with Crippen LogP contribution in [0.2, 0.25) is 0 Å². The maximum Gasteiger partial charge on any atom is 0.254 e. The summed E-state index contributed by atoms with van der Waals surface area (Å²) < 4.78 is 13.6. The van der Waals surface area contributed by atoms with Crippen LogP contribution in [0.3, 0.4) is 0 Å². The summed E-state index contributed by atoms with van der Waals surface area (Å²) in [5, 5.41) is 9.44. The Morgan fingerprint density at radius 1 is 0.972 bits per heavy atom. The minimum Gasteiger partial charge on any atom is -0.361 e. The average Bonchev–Trinajstić information content (AvgIpc) is 3.26. The zero-order valence-electron chi connectivity index (χ0n) is 19.4. The average molecular weight is 485 g/mol. The highest BCUT2D eigenvalue weighted by Crippen LogP contribution is 2.30. The molecule has 3 amide bonds.